The standard InChI is InChI=1S/C6H8N2O3.C4H4S/c1-4(6(9)10)8-5-2-11-3-7-5;1-2-4-5-3-1/h2-4,8H,1H3,(H,9,10);1-4H. The van der Waals surface area contributed by atoms with Crippen LogP contribution in [0.2, 0.25) is 0 Å². The largest absolute Gasteiger partial charge is 0.480 e. The summed E-state index contributed by atoms with van der Waals surface area (Å²) in [6.07, 6.45) is 2.58. The second kappa shape index (κ2) is 6.62. The number of aromatic nitrogens is 1. The summed E-state index contributed by atoms with van der Waals surface area (Å²) in [6.45, 7) is 1.52. The number of thiophene rings is 1. The number of rotatable bonds is 3. The summed E-state index contributed by atoms with van der Waals surface area (Å²) in [5, 5.41) is 15.2. The molecule has 5 nitrogen and oxygen atoms in total. The van der Waals surface area contributed by atoms with E-state index in [1.54, 1.807) is 11.3 Å². The van der Waals surface area contributed by atoms with E-state index in [2.05, 4.69) is 14.7 Å². The van der Waals surface area contributed by atoms with Crippen LogP contribution in [0.15, 0.2) is 40.0 Å². The number of aliphatic carboxylic acids is 1. The molecule has 0 saturated heterocycles. The normalized spacial score (nSPS) is 11.1. The predicted octanol–water partition coefficient (Wildman–Crippen LogP) is 2.31. The number of carboxylic acids is 1. The van der Waals surface area contributed by atoms with Crippen molar-refractivity contribution in [2.45, 2.75) is 13.0 Å². The zero-order valence-corrected chi connectivity index (χ0v) is 9.48. The maximum Gasteiger partial charge on any atom is 0.325 e. The Kier molecular flexibility index (Phi) is 5.07. The fourth-order valence-electron chi connectivity index (χ4n) is 0.794. The first kappa shape index (κ1) is 12.3. The topological polar surface area (TPSA) is 75.4 Å². The minimum atomic E-state index is -0.923. The van der Waals surface area contributed by atoms with Crippen molar-refractivity contribution in [1.29, 1.82) is 0 Å². The van der Waals surface area contributed by atoms with Crippen LogP contribution in [0.5, 0.6) is 0 Å². The van der Waals surface area contributed by atoms with E-state index in [9.17, 15) is 4.79 Å². The number of anilines is 1. The van der Waals surface area contributed by atoms with Crippen molar-refractivity contribution in [3.05, 3.63) is 35.5 Å². The summed E-state index contributed by atoms with van der Waals surface area (Å²) in [7, 11) is 0. The van der Waals surface area contributed by atoms with E-state index in [0.29, 0.717) is 5.82 Å². The monoisotopic (exact) mass is 240 g/mol. The summed E-state index contributed by atoms with van der Waals surface area (Å²) in [6, 6.07) is 3.38. The Labute approximate surface area is 96.7 Å². The maximum absolute atomic E-state index is 10.3. The van der Waals surface area contributed by atoms with Gasteiger partial charge in [0.05, 0.1) is 0 Å². The molecule has 0 fully saturated rings. The molecule has 0 radical (unpaired) electrons. The molecule has 2 aromatic heterocycles. The third-order valence-corrected chi connectivity index (χ3v) is 2.22. The van der Waals surface area contributed by atoms with Gasteiger partial charge in [-0.05, 0) is 17.7 Å². The first-order chi connectivity index (χ1) is 7.70. The van der Waals surface area contributed by atoms with Crippen LogP contribution in [0, 0.1) is 0 Å². The van der Waals surface area contributed by atoms with Crippen molar-refractivity contribution in [1.82, 2.24) is 4.98 Å². The molecule has 0 amide bonds. The maximum atomic E-state index is 10.3. The van der Waals surface area contributed by atoms with Crippen LogP contribution >= 0.6 is 11.3 Å². The van der Waals surface area contributed by atoms with Crippen molar-refractivity contribution >= 4 is 23.1 Å². The Hall–Kier alpha value is -1.82. The fraction of sp³-hybridized carbons (Fsp3) is 0.200. The van der Waals surface area contributed by atoms with E-state index >= 15 is 0 Å². The zero-order valence-electron chi connectivity index (χ0n) is 8.66. The van der Waals surface area contributed by atoms with Gasteiger partial charge in [-0.25, -0.2) is 0 Å². The van der Waals surface area contributed by atoms with Crippen LogP contribution in [0.1, 0.15) is 6.92 Å². The molecule has 6 heteroatoms. The van der Waals surface area contributed by atoms with Gasteiger partial charge in [-0.2, -0.15) is 16.3 Å². The van der Waals surface area contributed by atoms with Crippen molar-refractivity contribution in [2.75, 3.05) is 5.32 Å². The first-order valence-corrected chi connectivity index (χ1v) is 5.49. The van der Waals surface area contributed by atoms with Crippen molar-refractivity contribution in [3.63, 3.8) is 0 Å². The lowest BCUT2D eigenvalue weighted by atomic mass is 10.3. The van der Waals surface area contributed by atoms with E-state index in [-0.39, 0.29) is 0 Å². The average Bonchev–Trinajstić information content (AvgIpc) is 2.92. The van der Waals surface area contributed by atoms with Crippen LogP contribution in [0.3, 0.4) is 0 Å². The van der Waals surface area contributed by atoms with E-state index in [1.165, 1.54) is 19.6 Å². The lowest BCUT2D eigenvalue weighted by Crippen LogP contribution is -2.25. The highest BCUT2D eigenvalue weighted by atomic mass is 32.1. The molecule has 2 heterocycles. The minimum Gasteiger partial charge on any atom is -0.480 e. The first-order valence-electron chi connectivity index (χ1n) is 4.55. The van der Waals surface area contributed by atoms with Gasteiger partial charge in [0.2, 0.25) is 0 Å². The number of nitrogens with one attached hydrogen (secondary N) is 1. The molecule has 2 rings (SSSR count). The van der Waals surface area contributed by atoms with Gasteiger partial charge in [0.15, 0.2) is 12.2 Å². The van der Waals surface area contributed by atoms with Crippen molar-refractivity contribution in [3.8, 4) is 0 Å². The van der Waals surface area contributed by atoms with Crippen molar-refractivity contribution in [2.24, 2.45) is 0 Å². The number of hydrogen-bond acceptors (Lipinski definition) is 5. The van der Waals surface area contributed by atoms with Gasteiger partial charge < -0.3 is 14.8 Å². The van der Waals surface area contributed by atoms with Crippen LogP contribution in [0.4, 0.5) is 5.82 Å². The lowest BCUT2D eigenvalue weighted by molar-refractivity contribution is -0.137. The Morgan fingerprint density at radius 1 is 1.56 bits per heavy atom. The molecule has 0 bridgehead atoms. The van der Waals surface area contributed by atoms with Gasteiger partial charge in [0.1, 0.15) is 12.3 Å². The van der Waals surface area contributed by atoms with E-state index in [4.69, 9.17) is 5.11 Å². The molecule has 1 unspecified atom stereocenters. The van der Waals surface area contributed by atoms with Gasteiger partial charge in [-0.1, -0.05) is 12.1 Å². The minimum absolute atomic E-state index is 0.430. The van der Waals surface area contributed by atoms with E-state index < -0.39 is 12.0 Å². The molecule has 2 aromatic rings. The molecule has 16 heavy (non-hydrogen) atoms. The van der Waals surface area contributed by atoms with Gasteiger partial charge in [0.25, 0.3) is 0 Å². The molecule has 86 valence electrons. The van der Waals surface area contributed by atoms with E-state index in [1.807, 2.05) is 22.9 Å². The quantitative estimate of drug-likeness (QED) is 0.861. The smallest absolute Gasteiger partial charge is 0.325 e. The molecule has 0 aliphatic rings. The SMILES string of the molecule is CC(Nc1cocn1)C(=O)O.c1ccsc1. The molecule has 0 spiro atoms. The molecule has 0 aromatic carbocycles. The van der Waals surface area contributed by atoms with Crippen LogP contribution in [-0.4, -0.2) is 22.1 Å². The highest BCUT2D eigenvalue weighted by Gasteiger charge is 2.10. The van der Waals surface area contributed by atoms with Crippen LogP contribution in [0.25, 0.3) is 0 Å². The summed E-state index contributed by atoms with van der Waals surface area (Å²) >= 11 is 1.71. The third kappa shape index (κ3) is 4.61. The Morgan fingerprint density at radius 2 is 2.25 bits per heavy atom. The molecule has 0 aliphatic carbocycles. The molecule has 2 N–H and O–H groups in total. The number of carboxylic acid groups (broad SMARTS) is 1. The summed E-state index contributed by atoms with van der Waals surface area (Å²) < 4.78 is 4.63. The second-order valence-corrected chi connectivity index (χ2v) is 3.69. The number of nitrogens with zero attached hydrogens (tertiary/aromatic N) is 1. The van der Waals surface area contributed by atoms with Gasteiger partial charge in [0, 0.05) is 0 Å². The summed E-state index contributed by atoms with van der Waals surface area (Å²) in [5.41, 5.74) is 0. The number of carbonyl (C=O) groups is 1. The third-order valence-electron chi connectivity index (χ3n) is 1.59. The van der Waals surface area contributed by atoms with Crippen LogP contribution < -0.4 is 5.32 Å². The highest BCUT2D eigenvalue weighted by Crippen LogP contribution is 2.02. The molecule has 1 atom stereocenters. The highest BCUT2D eigenvalue weighted by molar-refractivity contribution is 7.07. The Bertz CT molecular complexity index is 369. The summed E-state index contributed by atoms with van der Waals surface area (Å²) in [5.74, 6) is -0.493. The Morgan fingerprint density at radius 3 is 2.62 bits per heavy atom. The van der Waals surface area contributed by atoms with Crippen molar-refractivity contribution < 1.29 is 14.3 Å². The fourth-order valence-corrected chi connectivity index (χ4v) is 1.25. The Balaban J connectivity index is 0.000000212. The zero-order chi connectivity index (χ0) is 11.8. The van der Waals surface area contributed by atoms with Gasteiger partial charge in [-0.3, -0.25) is 4.79 Å². The molecular formula is C10H12N2O3S. The molecular weight excluding hydrogens is 228 g/mol. The van der Waals surface area contributed by atoms with Crippen LogP contribution in [-0.2, 0) is 4.79 Å². The molecule has 0 saturated carbocycles. The summed E-state index contributed by atoms with van der Waals surface area (Å²) in [4.78, 5) is 14.0. The van der Waals surface area contributed by atoms with Gasteiger partial charge >= 0.3 is 5.97 Å². The predicted molar refractivity (Wildman–Crippen MR) is 61.5 cm³/mol. The lowest BCUT2D eigenvalue weighted by Gasteiger charge is -2.05. The van der Waals surface area contributed by atoms with Gasteiger partial charge in [-0.15, -0.1) is 0 Å². The second-order valence-electron chi connectivity index (χ2n) is 2.87. The average molecular weight is 240 g/mol. The number of oxazole rings is 1. The van der Waals surface area contributed by atoms with E-state index in [0.717, 1.165) is 0 Å². The number of hydrogen-bond donors (Lipinski definition) is 2. The molecule has 0 aliphatic heterocycles.